The lowest BCUT2D eigenvalue weighted by molar-refractivity contribution is -0.137. The molecule has 0 bridgehead atoms. The van der Waals surface area contributed by atoms with Gasteiger partial charge in [-0.15, -0.1) is 0 Å². The van der Waals surface area contributed by atoms with Crippen molar-refractivity contribution < 1.29 is 22.0 Å². The Labute approximate surface area is 439 Å². The predicted octanol–water partition coefficient (Wildman–Crippen LogP) is 20.0. The minimum atomic E-state index is -5.03. The van der Waals surface area contributed by atoms with Gasteiger partial charge in [-0.3, -0.25) is 0 Å². The molecule has 7 heteroatoms. The quantitative estimate of drug-likeness (QED) is 0.141. The molecule has 0 amide bonds. The Balaban J connectivity index is 1.28. The monoisotopic (exact) mass is 1000 g/mol. The zero-order chi connectivity index (χ0) is 53.1. The van der Waals surface area contributed by atoms with Crippen LogP contribution in [-0.2, 0) is 6.18 Å². The molecule has 0 saturated heterocycles. The maximum atomic E-state index is 17.4. The topological polar surface area (TPSA) is 9.86 Å². The lowest BCUT2D eigenvalue weighted by Gasteiger charge is -2.24. The van der Waals surface area contributed by atoms with Gasteiger partial charge >= 0.3 is 6.18 Å². The van der Waals surface area contributed by atoms with Crippen molar-refractivity contribution in [3.05, 3.63) is 238 Å². The third-order valence-electron chi connectivity index (χ3n) is 15.4. The molecule has 0 aliphatic rings. The van der Waals surface area contributed by atoms with Crippen molar-refractivity contribution in [2.75, 3.05) is 0 Å². The molecule has 10 aromatic carbocycles. The van der Waals surface area contributed by atoms with Crippen molar-refractivity contribution in [3.8, 4) is 67.0 Å². The summed E-state index contributed by atoms with van der Waals surface area (Å²) < 4.78 is 88.6. The van der Waals surface area contributed by atoms with Gasteiger partial charge < -0.3 is 9.13 Å². The standard InChI is InChI=1S/C69H53F5N2/c1-38-12-20-51(42(5)28-38)46-16-24-55-56-25-17-47(52-21-13-39(2)29-43(52)6)33-62(56)75(61(55)32-46)65-36-50(67-59(70)10-9-11-60(67)71)37-66(68(65)69(72,73)74)76-63-34-48(53-22-14-40(3)30-44(53)7)18-26-57(63)58-27-19-49(35-64(58)76)54-23-15-41(4)31-45(54)8/h9-37H,1-8H3. The number of benzene rings is 10. The van der Waals surface area contributed by atoms with Gasteiger partial charge in [0, 0.05) is 21.5 Å². The molecule has 12 aromatic rings. The Morgan fingerprint density at radius 3 is 0.868 bits per heavy atom. The third kappa shape index (κ3) is 8.08. The number of fused-ring (bicyclic) bond motifs is 6. The summed E-state index contributed by atoms with van der Waals surface area (Å²) in [6.07, 6.45) is -5.03. The zero-order valence-corrected chi connectivity index (χ0v) is 43.5. The second-order valence-corrected chi connectivity index (χ2v) is 20.9. The van der Waals surface area contributed by atoms with Crippen LogP contribution in [0.1, 0.15) is 50.1 Å². The van der Waals surface area contributed by atoms with Gasteiger partial charge in [-0.1, -0.05) is 150 Å². The van der Waals surface area contributed by atoms with Gasteiger partial charge in [0.2, 0.25) is 0 Å². The van der Waals surface area contributed by atoms with Gasteiger partial charge in [0.1, 0.15) is 17.2 Å². The van der Waals surface area contributed by atoms with Crippen LogP contribution in [-0.4, -0.2) is 9.13 Å². The van der Waals surface area contributed by atoms with E-state index in [-0.39, 0.29) is 16.9 Å². The molecular formula is C69H53F5N2. The highest BCUT2D eigenvalue weighted by Crippen LogP contribution is 2.49. The Bertz CT molecular complexity index is 3910. The first-order valence-electron chi connectivity index (χ1n) is 25.6. The number of nitrogens with zero attached hydrogens (tertiary/aromatic N) is 2. The molecule has 76 heavy (non-hydrogen) atoms. The zero-order valence-electron chi connectivity index (χ0n) is 43.5. The van der Waals surface area contributed by atoms with Crippen molar-refractivity contribution in [2.45, 2.75) is 61.6 Å². The van der Waals surface area contributed by atoms with Crippen LogP contribution in [0.15, 0.2) is 176 Å². The van der Waals surface area contributed by atoms with Crippen LogP contribution in [0.25, 0.3) is 111 Å². The lowest BCUT2D eigenvalue weighted by atomic mass is 9.96. The molecule has 0 radical (unpaired) electrons. The molecular weight excluding hydrogens is 952 g/mol. The van der Waals surface area contributed by atoms with Crippen LogP contribution >= 0.6 is 0 Å². The fourth-order valence-electron chi connectivity index (χ4n) is 11.9. The Morgan fingerprint density at radius 2 is 0.605 bits per heavy atom. The average molecular weight is 1010 g/mol. The molecule has 0 fully saturated rings. The summed E-state index contributed by atoms with van der Waals surface area (Å²) in [5.74, 6) is -1.80. The van der Waals surface area contributed by atoms with E-state index in [1.807, 2.05) is 177 Å². The lowest BCUT2D eigenvalue weighted by Crippen LogP contribution is -2.16. The van der Waals surface area contributed by atoms with Gasteiger partial charge in [-0.05, 0) is 176 Å². The molecule has 0 N–H and O–H groups in total. The summed E-state index contributed by atoms with van der Waals surface area (Å²) >= 11 is 0. The van der Waals surface area contributed by atoms with E-state index in [0.29, 0.717) is 22.1 Å². The normalized spacial score (nSPS) is 12.0. The second kappa shape index (κ2) is 18.1. The van der Waals surface area contributed by atoms with Crippen molar-refractivity contribution in [1.82, 2.24) is 9.13 Å². The molecule has 12 rings (SSSR count). The number of aromatic nitrogens is 2. The predicted molar refractivity (Wildman–Crippen MR) is 305 cm³/mol. The highest BCUT2D eigenvalue weighted by molar-refractivity contribution is 6.13. The molecule has 0 saturated carbocycles. The van der Waals surface area contributed by atoms with Crippen LogP contribution in [0.2, 0.25) is 0 Å². The number of halogens is 5. The smallest absolute Gasteiger partial charge is 0.308 e. The number of aryl methyl sites for hydroxylation is 8. The second-order valence-electron chi connectivity index (χ2n) is 20.9. The molecule has 0 aliphatic heterocycles. The van der Waals surface area contributed by atoms with E-state index < -0.39 is 28.9 Å². The summed E-state index contributed by atoms with van der Waals surface area (Å²) in [6, 6.07) is 54.6. The minimum absolute atomic E-state index is 0.0502. The van der Waals surface area contributed by atoms with Gasteiger partial charge in [0.15, 0.2) is 0 Å². The summed E-state index contributed by atoms with van der Waals surface area (Å²) in [7, 11) is 0. The van der Waals surface area contributed by atoms with Gasteiger partial charge in [-0.25, -0.2) is 8.78 Å². The van der Waals surface area contributed by atoms with Gasteiger partial charge in [-0.2, -0.15) is 13.2 Å². The van der Waals surface area contributed by atoms with Crippen LogP contribution in [0, 0.1) is 67.0 Å². The first kappa shape index (κ1) is 48.4. The van der Waals surface area contributed by atoms with Crippen LogP contribution in [0.5, 0.6) is 0 Å². The van der Waals surface area contributed by atoms with E-state index in [4.69, 9.17) is 0 Å². The van der Waals surface area contributed by atoms with E-state index in [9.17, 15) is 0 Å². The summed E-state index contributed by atoms with van der Waals surface area (Å²) in [5, 5.41) is 2.89. The number of hydrogen-bond acceptors (Lipinski definition) is 0. The first-order valence-corrected chi connectivity index (χ1v) is 25.6. The molecule has 0 aliphatic carbocycles. The Hall–Kier alpha value is -8.55. The molecule has 2 aromatic heterocycles. The SMILES string of the molecule is Cc1ccc(-c2ccc3c4ccc(-c5ccc(C)cc5C)cc4n(-c4cc(-c5c(F)cccc5F)cc(-n5c6cc(-c7ccc(C)cc7C)ccc6c6ccc(-c7ccc(C)cc7C)cc65)c4C(F)(F)F)c3c2)c(C)c1. The summed E-state index contributed by atoms with van der Waals surface area (Å²) in [6.45, 7) is 16.2. The van der Waals surface area contributed by atoms with Crippen molar-refractivity contribution in [3.63, 3.8) is 0 Å². The minimum Gasteiger partial charge on any atom is -0.308 e. The third-order valence-corrected chi connectivity index (χ3v) is 15.4. The van der Waals surface area contributed by atoms with Gasteiger partial charge in [0.05, 0.1) is 39.0 Å². The molecule has 374 valence electrons. The van der Waals surface area contributed by atoms with Crippen molar-refractivity contribution in [1.29, 1.82) is 0 Å². The van der Waals surface area contributed by atoms with Crippen LogP contribution in [0.3, 0.4) is 0 Å². The highest BCUT2D eigenvalue weighted by atomic mass is 19.4. The highest BCUT2D eigenvalue weighted by Gasteiger charge is 2.40. The fourth-order valence-corrected chi connectivity index (χ4v) is 11.9. The maximum Gasteiger partial charge on any atom is 0.420 e. The Kier molecular flexibility index (Phi) is 11.5. The van der Waals surface area contributed by atoms with Crippen molar-refractivity contribution >= 4 is 43.6 Å². The number of rotatable bonds is 7. The number of hydrogen-bond donors (Lipinski definition) is 0. The summed E-state index contributed by atoms with van der Waals surface area (Å²) in [4.78, 5) is 0. The molecule has 0 atom stereocenters. The molecule has 0 unspecified atom stereocenters. The van der Waals surface area contributed by atoms with Crippen LogP contribution in [0.4, 0.5) is 22.0 Å². The van der Waals surface area contributed by atoms with Crippen LogP contribution < -0.4 is 0 Å². The first-order chi connectivity index (χ1) is 36.4. The fraction of sp³-hybridized carbons (Fsp3) is 0.130. The van der Waals surface area contributed by atoms with Crippen molar-refractivity contribution in [2.24, 2.45) is 0 Å². The van der Waals surface area contributed by atoms with E-state index in [1.165, 1.54) is 18.2 Å². The van der Waals surface area contributed by atoms with E-state index in [1.54, 1.807) is 9.13 Å². The summed E-state index contributed by atoms with van der Waals surface area (Å²) in [5.41, 5.74) is 15.4. The molecule has 2 nitrogen and oxygen atoms in total. The Morgan fingerprint density at radius 1 is 0.316 bits per heavy atom. The number of alkyl halides is 3. The van der Waals surface area contributed by atoms with E-state index in [2.05, 4.69) is 24.3 Å². The molecule has 0 spiro atoms. The van der Waals surface area contributed by atoms with E-state index in [0.717, 1.165) is 123 Å². The maximum absolute atomic E-state index is 17.4. The average Bonchev–Trinajstić information content (AvgIpc) is 3.94. The van der Waals surface area contributed by atoms with E-state index >= 15 is 22.0 Å². The van der Waals surface area contributed by atoms with Gasteiger partial charge in [0.25, 0.3) is 0 Å². The molecule has 2 heterocycles. The largest absolute Gasteiger partial charge is 0.420 e.